The second kappa shape index (κ2) is 7.32. The standard InChI is InChI=1S/C20H16N4S/c1-3-8-16(9-4-1)10-7-13-25-20-18-14-23-24(19(18)21-15-22-20)17-11-5-2-6-12-17/h1-12,14-15H,13H2/b10-7+. The minimum Gasteiger partial charge on any atom is -0.229 e. The van der Waals surface area contributed by atoms with Crippen LogP contribution in [0.15, 0.2) is 84.3 Å². The molecule has 0 amide bonds. The molecule has 4 nitrogen and oxygen atoms in total. The van der Waals surface area contributed by atoms with Gasteiger partial charge < -0.3 is 0 Å². The molecule has 25 heavy (non-hydrogen) atoms. The molecule has 122 valence electrons. The fraction of sp³-hybridized carbons (Fsp3) is 0.0500. The van der Waals surface area contributed by atoms with Gasteiger partial charge in [-0.25, -0.2) is 14.6 Å². The molecule has 0 N–H and O–H groups in total. The highest BCUT2D eigenvalue weighted by atomic mass is 32.2. The van der Waals surface area contributed by atoms with Crippen molar-refractivity contribution in [3.05, 3.63) is 84.8 Å². The molecule has 0 unspecified atom stereocenters. The maximum Gasteiger partial charge on any atom is 0.167 e. The van der Waals surface area contributed by atoms with E-state index in [0.29, 0.717) is 0 Å². The number of thioether (sulfide) groups is 1. The summed E-state index contributed by atoms with van der Waals surface area (Å²) in [6, 6.07) is 20.3. The van der Waals surface area contributed by atoms with E-state index in [1.54, 1.807) is 18.1 Å². The quantitative estimate of drug-likeness (QED) is 0.391. The summed E-state index contributed by atoms with van der Waals surface area (Å²) in [5.41, 5.74) is 3.03. The Morgan fingerprint density at radius 2 is 1.68 bits per heavy atom. The second-order valence-corrected chi connectivity index (χ2v) is 6.44. The fourth-order valence-electron chi connectivity index (χ4n) is 2.57. The monoisotopic (exact) mass is 344 g/mol. The number of fused-ring (bicyclic) bond motifs is 1. The summed E-state index contributed by atoms with van der Waals surface area (Å²) in [5, 5.41) is 6.41. The lowest BCUT2D eigenvalue weighted by molar-refractivity contribution is 0.893. The molecule has 4 rings (SSSR count). The Labute approximate surface area is 150 Å². The first-order chi connectivity index (χ1) is 12.4. The van der Waals surface area contributed by atoms with Crippen LogP contribution in [0.5, 0.6) is 0 Å². The molecule has 4 aromatic rings. The highest BCUT2D eigenvalue weighted by molar-refractivity contribution is 7.99. The molecular formula is C20H16N4S. The molecule has 5 heteroatoms. The molecule has 0 fully saturated rings. The van der Waals surface area contributed by atoms with E-state index in [-0.39, 0.29) is 0 Å². The number of hydrogen-bond donors (Lipinski definition) is 0. The fourth-order valence-corrected chi connectivity index (χ4v) is 3.34. The van der Waals surface area contributed by atoms with E-state index in [9.17, 15) is 0 Å². The van der Waals surface area contributed by atoms with E-state index in [1.807, 2.05) is 59.4 Å². The summed E-state index contributed by atoms with van der Waals surface area (Å²) in [4.78, 5) is 8.84. The predicted molar refractivity (Wildman–Crippen MR) is 103 cm³/mol. The van der Waals surface area contributed by atoms with Gasteiger partial charge in [0, 0.05) is 5.75 Å². The molecule has 0 saturated heterocycles. The van der Waals surface area contributed by atoms with Crippen LogP contribution in [0.3, 0.4) is 0 Å². The van der Waals surface area contributed by atoms with Crippen molar-refractivity contribution in [2.45, 2.75) is 5.03 Å². The zero-order chi connectivity index (χ0) is 16.9. The molecule has 0 bridgehead atoms. The van der Waals surface area contributed by atoms with Crippen molar-refractivity contribution < 1.29 is 0 Å². The Morgan fingerprint density at radius 3 is 2.48 bits per heavy atom. The second-order valence-electron chi connectivity index (χ2n) is 5.43. The zero-order valence-corrected chi connectivity index (χ0v) is 14.3. The maximum absolute atomic E-state index is 4.48. The molecule has 2 aromatic carbocycles. The normalized spacial score (nSPS) is 11.4. The maximum atomic E-state index is 4.48. The summed E-state index contributed by atoms with van der Waals surface area (Å²) in [6.07, 6.45) is 7.71. The van der Waals surface area contributed by atoms with Gasteiger partial charge in [-0.3, -0.25) is 0 Å². The number of hydrogen-bond acceptors (Lipinski definition) is 4. The number of rotatable bonds is 5. The Balaban J connectivity index is 1.55. The number of aromatic nitrogens is 4. The summed E-state index contributed by atoms with van der Waals surface area (Å²) < 4.78 is 1.85. The first-order valence-electron chi connectivity index (χ1n) is 8.00. The van der Waals surface area contributed by atoms with Crippen LogP contribution in [0, 0.1) is 0 Å². The van der Waals surface area contributed by atoms with Gasteiger partial charge in [-0.15, -0.1) is 11.8 Å². The Bertz CT molecular complexity index is 994. The smallest absolute Gasteiger partial charge is 0.167 e. The van der Waals surface area contributed by atoms with Crippen LogP contribution in [0.4, 0.5) is 0 Å². The average Bonchev–Trinajstić information content (AvgIpc) is 3.12. The summed E-state index contributed by atoms with van der Waals surface area (Å²) in [6.45, 7) is 0. The molecule has 2 aromatic heterocycles. The minimum absolute atomic E-state index is 0.829. The molecule has 0 atom stereocenters. The van der Waals surface area contributed by atoms with Gasteiger partial charge in [0.25, 0.3) is 0 Å². The van der Waals surface area contributed by atoms with E-state index in [2.05, 4.69) is 39.4 Å². The highest BCUT2D eigenvalue weighted by Crippen LogP contribution is 2.25. The van der Waals surface area contributed by atoms with Crippen molar-refractivity contribution in [2.75, 3.05) is 5.75 Å². The van der Waals surface area contributed by atoms with Crippen LogP contribution in [0.25, 0.3) is 22.8 Å². The van der Waals surface area contributed by atoms with E-state index in [0.717, 1.165) is 27.5 Å². The molecular weight excluding hydrogens is 328 g/mol. The van der Waals surface area contributed by atoms with Crippen molar-refractivity contribution >= 4 is 28.9 Å². The molecule has 0 saturated carbocycles. The third-order valence-electron chi connectivity index (χ3n) is 3.76. The van der Waals surface area contributed by atoms with Crippen LogP contribution in [-0.4, -0.2) is 25.5 Å². The molecule has 0 spiro atoms. The van der Waals surface area contributed by atoms with E-state index in [4.69, 9.17) is 0 Å². The van der Waals surface area contributed by atoms with E-state index >= 15 is 0 Å². The number of para-hydroxylation sites is 1. The van der Waals surface area contributed by atoms with E-state index < -0.39 is 0 Å². The lowest BCUT2D eigenvalue weighted by Gasteiger charge is -2.03. The van der Waals surface area contributed by atoms with Crippen LogP contribution < -0.4 is 0 Å². The van der Waals surface area contributed by atoms with Crippen LogP contribution in [-0.2, 0) is 0 Å². The Hall–Kier alpha value is -2.92. The first kappa shape index (κ1) is 15.6. The largest absolute Gasteiger partial charge is 0.229 e. The molecule has 0 aliphatic carbocycles. The van der Waals surface area contributed by atoms with Crippen molar-refractivity contribution in [1.29, 1.82) is 0 Å². The zero-order valence-electron chi connectivity index (χ0n) is 13.5. The Kier molecular flexibility index (Phi) is 4.57. The summed E-state index contributed by atoms with van der Waals surface area (Å²) >= 11 is 1.69. The SMILES string of the molecule is C(=C\c1ccccc1)/CSc1ncnc2c1cnn2-c1ccccc1. The highest BCUT2D eigenvalue weighted by Gasteiger charge is 2.10. The first-order valence-corrected chi connectivity index (χ1v) is 8.99. The predicted octanol–water partition coefficient (Wildman–Crippen LogP) is 4.62. The van der Waals surface area contributed by atoms with Gasteiger partial charge in [0.15, 0.2) is 5.65 Å². The molecule has 0 aliphatic heterocycles. The topological polar surface area (TPSA) is 43.6 Å². The van der Waals surface area contributed by atoms with Gasteiger partial charge in [0.1, 0.15) is 11.4 Å². The number of benzene rings is 2. The van der Waals surface area contributed by atoms with Crippen molar-refractivity contribution in [3.63, 3.8) is 0 Å². The third kappa shape index (κ3) is 3.46. The van der Waals surface area contributed by atoms with Gasteiger partial charge in [0.2, 0.25) is 0 Å². The summed E-state index contributed by atoms with van der Waals surface area (Å²) in [5.74, 6) is 0.845. The average molecular weight is 344 g/mol. The van der Waals surface area contributed by atoms with Gasteiger partial charge in [-0.1, -0.05) is 60.7 Å². The van der Waals surface area contributed by atoms with E-state index in [1.165, 1.54) is 5.56 Å². The van der Waals surface area contributed by atoms with Crippen molar-refractivity contribution in [3.8, 4) is 5.69 Å². The third-order valence-corrected chi connectivity index (χ3v) is 4.71. The number of nitrogens with zero attached hydrogens (tertiary/aromatic N) is 4. The van der Waals surface area contributed by atoms with Gasteiger partial charge in [0.05, 0.1) is 17.3 Å². The van der Waals surface area contributed by atoms with Crippen molar-refractivity contribution in [1.82, 2.24) is 19.7 Å². The van der Waals surface area contributed by atoms with Crippen LogP contribution >= 0.6 is 11.8 Å². The Morgan fingerprint density at radius 1 is 0.920 bits per heavy atom. The minimum atomic E-state index is 0.829. The van der Waals surface area contributed by atoms with Gasteiger partial charge in [-0.2, -0.15) is 5.10 Å². The van der Waals surface area contributed by atoms with Gasteiger partial charge >= 0.3 is 0 Å². The molecule has 2 heterocycles. The van der Waals surface area contributed by atoms with Crippen LogP contribution in [0.1, 0.15) is 5.56 Å². The molecule has 0 radical (unpaired) electrons. The van der Waals surface area contributed by atoms with Gasteiger partial charge in [-0.05, 0) is 17.7 Å². The van der Waals surface area contributed by atoms with Crippen LogP contribution in [0.2, 0.25) is 0 Å². The summed E-state index contributed by atoms with van der Waals surface area (Å²) in [7, 11) is 0. The molecule has 0 aliphatic rings. The lowest BCUT2D eigenvalue weighted by Crippen LogP contribution is -1.97. The lowest BCUT2D eigenvalue weighted by atomic mass is 10.2. The van der Waals surface area contributed by atoms with Crippen molar-refractivity contribution in [2.24, 2.45) is 0 Å².